The number of rotatable bonds is 4. The maximum Gasteiger partial charge on any atom is 0.322 e. The largest absolute Gasteiger partial charge is 0.468 e. The molecule has 1 atom stereocenters. The van der Waals surface area contributed by atoms with Gasteiger partial charge in [0, 0.05) is 0 Å². The summed E-state index contributed by atoms with van der Waals surface area (Å²) in [6.07, 6.45) is 1.54. The van der Waals surface area contributed by atoms with Crippen LogP contribution >= 0.6 is 12.4 Å². The number of benzene rings is 1. The molecule has 1 aromatic carbocycles. The van der Waals surface area contributed by atoms with Gasteiger partial charge in [-0.15, -0.1) is 12.4 Å². The van der Waals surface area contributed by atoms with Crippen molar-refractivity contribution >= 4 is 18.4 Å². The molecular formula is C12H18ClNO2. The Morgan fingerprint density at radius 3 is 2.25 bits per heavy atom. The summed E-state index contributed by atoms with van der Waals surface area (Å²) in [7, 11) is 1.35. The van der Waals surface area contributed by atoms with Gasteiger partial charge in [-0.1, -0.05) is 31.2 Å². The van der Waals surface area contributed by atoms with Crippen molar-refractivity contribution in [2.75, 3.05) is 7.11 Å². The summed E-state index contributed by atoms with van der Waals surface area (Å²) in [6.45, 7) is 2.11. The van der Waals surface area contributed by atoms with E-state index in [0.29, 0.717) is 6.42 Å². The number of carbonyl (C=O) groups is 1. The third-order valence-corrected chi connectivity index (χ3v) is 2.39. The lowest BCUT2D eigenvalue weighted by Gasteiger charge is -2.09. The van der Waals surface area contributed by atoms with E-state index in [1.165, 1.54) is 12.7 Å². The van der Waals surface area contributed by atoms with Crippen LogP contribution < -0.4 is 5.73 Å². The summed E-state index contributed by atoms with van der Waals surface area (Å²) < 4.78 is 4.57. The lowest BCUT2D eigenvalue weighted by atomic mass is 10.0. The number of esters is 1. The van der Waals surface area contributed by atoms with Crippen molar-refractivity contribution in [3.63, 3.8) is 0 Å². The Morgan fingerprint density at radius 1 is 1.31 bits per heavy atom. The monoisotopic (exact) mass is 243 g/mol. The van der Waals surface area contributed by atoms with Crippen LogP contribution in [0.15, 0.2) is 24.3 Å². The van der Waals surface area contributed by atoms with Gasteiger partial charge in [0.2, 0.25) is 0 Å². The van der Waals surface area contributed by atoms with Gasteiger partial charge in [-0.25, -0.2) is 0 Å². The van der Waals surface area contributed by atoms with E-state index in [9.17, 15) is 4.79 Å². The van der Waals surface area contributed by atoms with Crippen molar-refractivity contribution in [1.29, 1.82) is 0 Å². The highest BCUT2D eigenvalue weighted by molar-refractivity contribution is 5.85. The van der Waals surface area contributed by atoms with Crippen LogP contribution in [0.3, 0.4) is 0 Å². The third-order valence-electron chi connectivity index (χ3n) is 2.39. The molecule has 0 heterocycles. The van der Waals surface area contributed by atoms with Crippen molar-refractivity contribution in [3.8, 4) is 0 Å². The standard InChI is InChI=1S/C12H17NO2.ClH/c1-3-9-4-6-10(7-5-9)8-11(13)12(14)15-2;/h4-7,11H,3,8,13H2,1-2H3;1H/t11-;/m0./s1. The molecule has 2 N–H and O–H groups in total. The van der Waals surface area contributed by atoms with Gasteiger partial charge in [0.1, 0.15) is 6.04 Å². The molecule has 1 aromatic rings. The number of halogens is 1. The van der Waals surface area contributed by atoms with Crippen LogP contribution in [0.1, 0.15) is 18.1 Å². The summed E-state index contributed by atoms with van der Waals surface area (Å²) in [5, 5.41) is 0. The smallest absolute Gasteiger partial charge is 0.322 e. The molecule has 0 saturated heterocycles. The number of nitrogens with two attached hydrogens (primary N) is 1. The highest BCUT2D eigenvalue weighted by Gasteiger charge is 2.13. The molecule has 0 radical (unpaired) electrons. The Balaban J connectivity index is 0.00000225. The number of hydrogen-bond acceptors (Lipinski definition) is 3. The van der Waals surface area contributed by atoms with E-state index in [0.717, 1.165) is 12.0 Å². The van der Waals surface area contributed by atoms with E-state index in [1.807, 2.05) is 12.1 Å². The number of aryl methyl sites for hydroxylation is 1. The molecule has 0 aliphatic carbocycles. The van der Waals surface area contributed by atoms with Gasteiger partial charge in [-0.05, 0) is 24.0 Å². The molecule has 0 spiro atoms. The van der Waals surface area contributed by atoms with Crippen molar-refractivity contribution < 1.29 is 9.53 Å². The zero-order valence-corrected chi connectivity index (χ0v) is 10.4. The van der Waals surface area contributed by atoms with Gasteiger partial charge < -0.3 is 10.5 Å². The highest BCUT2D eigenvalue weighted by atomic mass is 35.5. The summed E-state index contributed by atoms with van der Waals surface area (Å²) in [5.41, 5.74) is 8.00. The average Bonchev–Trinajstić information content (AvgIpc) is 2.29. The molecule has 3 nitrogen and oxygen atoms in total. The number of methoxy groups -OCH3 is 1. The third kappa shape index (κ3) is 4.21. The lowest BCUT2D eigenvalue weighted by Crippen LogP contribution is -2.33. The second-order valence-electron chi connectivity index (χ2n) is 3.50. The fraction of sp³-hybridized carbons (Fsp3) is 0.417. The topological polar surface area (TPSA) is 52.3 Å². The van der Waals surface area contributed by atoms with Gasteiger partial charge in [-0.2, -0.15) is 0 Å². The predicted molar refractivity (Wildman–Crippen MR) is 66.8 cm³/mol. The Bertz CT molecular complexity index is 324. The first-order chi connectivity index (χ1) is 7.17. The molecule has 0 aromatic heterocycles. The lowest BCUT2D eigenvalue weighted by molar-refractivity contribution is -0.142. The van der Waals surface area contributed by atoms with Gasteiger partial charge in [-0.3, -0.25) is 4.79 Å². The first kappa shape index (κ1) is 14.9. The van der Waals surface area contributed by atoms with Crippen LogP contribution in [-0.2, 0) is 22.4 Å². The zero-order valence-electron chi connectivity index (χ0n) is 9.60. The fourth-order valence-electron chi connectivity index (χ4n) is 1.40. The minimum absolute atomic E-state index is 0. The number of ether oxygens (including phenoxy) is 1. The van der Waals surface area contributed by atoms with Gasteiger partial charge in [0.05, 0.1) is 7.11 Å². The molecular weight excluding hydrogens is 226 g/mol. The van der Waals surface area contributed by atoms with Crippen LogP contribution in [0.25, 0.3) is 0 Å². The number of hydrogen-bond donors (Lipinski definition) is 1. The van der Waals surface area contributed by atoms with E-state index < -0.39 is 6.04 Å². The summed E-state index contributed by atoms with van der Waals surface area (Å²) in [5.74, 6) is -0.366. The number of carbonyl (C=O) groups excluding carboxylic acids is 1. The van der Waals surface area contributed by atoms with Crippen LogP contribution in [0.5, 0.6) is 0 Å². The van der Waals surface area contributed by atoms with Crippen molar-refractivity contribution in [2.45, 2.75) is 25.8 Å². The minimum Gasteiger partial charge on any atom is -0.468 e. The summed E-state index contributed by atoms with van der Waals surface area (Å²) in [6, 6.07) is 7.55. The first-order valence-corrected chi connectivity index (χ1v) is 5.08. The summed E-state index contributed by atoms with van der Waals surface area (Å²) in [4.78, 5) is 11.1. The molecule has 0 aliphatic rings. The maximum absolute atomic E-state index is 11.1. The normalized spacial score (nSPS) is 11.4. The fourth-order valence-corrected chi connectivity index (χ4v) is 1.40. The van der Waals surface area contributed by atoms with Crippen molar-refractivity contribution in [2.24, 2.45) is 5.73 Å². The molecule has 1 rings (SSSR count). The molecule has 0 unspecified atom stereocenters. The second kappa shape index (κ2) is 7.25. The summed E-state index contributed by atoms with van der Waals surface area (Å²) >= 11 is 0. The Labute approximate surface area is 102 Å². The van der Waals surface area contributed by atoms with Crippen LogP contribution in [0.2, 0.25) is 0 Å². The molecule has 0 bridgehead atoms. The molecule has 0 fully saturated rings. The molecule has 0 amide bonds. The molecule has 90 valence electrons. The SMILES string of the molecule is CCc1ccc(C[C@H](N)C(=O)OC)cc1.Cl. The van der Waals surface area contributed by atoms with E-state index in [4.69, 9.17) is 5.73 Å². The molecule has 0 aliphatic heterocycles. The van der Waals surface area contributed by atoms with Crippen LogP contribution in [-0.4, -0.2) is 19.1 Å². The zero-order chi connectivity index (χ0) is 11.3. The van der Waals surface area contributed by atoms with Crippen LogP contribution in [0, 0.1) is 0 Å². The highest BCUT2D eigenvalue weighted by Crippen LogP contribution is 2.07. The quantitative estimate of drug-likeness (QED) is 0.820. The Hall–Kier alpha value is -1.06. The van der Waals surface area contributed by atoms with Gasteiger partial charge >= 0.3 is 5.97 Å². The van der Waals surface area contributed by atoms with E-state index in [-0.39, 0.29) is 18.4 Å². The average molecular weight is 244 g/mol. The second-order valence-corrected chi connectivity index (χ2v) is 3.50. The van der Waals surface area contributed by atoms with E-state index in [1.54, 1.807) is 0 Å². The van der Waals surface area contributed by atoms with E-state index in [2.05, 4.69) is 23.8 Å². The first-order valence-electron chi connectivity index (χ1n) is 5.08. The Morgan fingerprint density at radius 2 is 1.81 bits per heavy atom. The maximum atomic E-state index is 11.1. The van der Waals surface area contributed by atoms with Crippen molar-refractivity contribution in [1.82, 2.24) is 0 Å². The minimum atomic E-state index is -0.567. The Kier molecular flexibility index (Phi) is 6.77. The van der Waals surface area contributed by atoms with E-state index >= 15 is 0 Å². The van der Waals surface area contributed by atoms with Gasteiger partial charge in [0.15, 0.2) is 0 Å². The molecule has 4 heteroatoms. The molecule has 16 heavy (non-hydrogen) atoms. The van der Waals surface area contributed by atoms with Gasteiger partial charge in [0.25, 0.3) is 0 Å². The van der Waals surface area contributed by atoms with Crippen LogP contribution in [0.4, 0.5) is 0 Å². The predicted octanol–water partition coefficient (Wildman–Crippen LogP) is 1.71. The van der Waals surface area contributed by atoms with Crippen molar-refractivity contribution in [3.05, 3.63) is 35.4 Å². The molecule has 0 saturated carbocycles.